The largest absolute Gasteiger partial charge is 0.469 e. The van der Waals surface area contributed by atoms with Crippen molar-refractivity contribution >= 4 is 16.0 Å². The van der Waals surface area contributed by atoms with Gasteiger partial charge in [0.05, 0.1) is 24.3 Å². The maximum absolute atomic E-state index is 11.9. The van der Waals surface area contributed by atoms with Crippen molar-refractivity contribution in [1.82, 2.24) is 4.72 Å². The van der Waals surface area contributed by atoms with Gasteiger partial charge in [-0.15, -0.1) is 0 Å². The minimum absolute atomic E-state index is 0.0865. The molecule has 96 valence electrons. The van der Waals surface area contributed by atoms with E-state index in [1.165, 1.54) is 7.11 Å². The van der Waals surface area contributed by atoms with Crippen molar-refractivity contribution in [1.29, 1.82) is 5.26 Å². The average Bonchev–Trinajstić information content (AvgIpc) is 2.78. The molecule has 0 aromatic carbocycles. The zero-order chi connectivity index (χ0) is 12.9. The van der Waals surface area contributed by atoms with Gasteiger partial charge in [0, 0.05) is 13.0 Å². The average molecular weight is 260 g/mol. The van der Waals surface area contributed by atoms with E-state index in [4.69, 9.17) is 5.26 Å². The Morgan fingerprint density at radius 2 is 2.24 bits per heavy atom. The number of nitrogens with zero attached hydrogens (tertiary/aromatic N) is 1. The van der Waals surface area contributed by atoms with E-state index >= 15 is 0 Å². The molecule has 17 heavy (non-hydrogen) atoms. The smallest absolute Gasteiger partial charge is 0.310 e. The Bertz CT molecular complexity index is 413. The van der Waals surface area contributed by atoms with Crippen molar-refractivity contribution in [3.8, 4) is 6.07 Å². The van der Waals surface area contributed by atoms with Gasteiger partial charge in [0.15, 0.2) is 0 Å². The van der Waals surface area contributed by atoms with Gasteiger partial charge in [-0.2, -0.15) is 5.26 Å². The third kappa shape index (κ3) is 3.41. The molecule has 0 aromatic rings. The molecular formula is C10H16N2O4S. The Labute approximate surface area is 101 Å². The van der Waals surface area contributed by atoms with Gasteiger partial charge in [-0.3, -0.25) is 4.79 Å². The van der Waals surface area contributed by atoms with Crippen molar-refractivity contribution in [2.24, 2.45) is 5.92 Å². The van der Waals surface area contributed by atoms with E-state index in [9.17, 15) is 13.2 Å². The summed E-state index contributed by atoms with van der Waals surface area (Å²) in [5.41, 5.74) is 0. The zero-order valence-corrected chi connectivity index (χ0v) is 10.5. The second kappa shape index (κ2) is 5.98. The number of nitriles is 1. The second-order valence-electron chi connectivity index (χ2n) is 3.95. The van der Waals surface area contributed by atoms with Gasteiger partial charge < -0.3 is 4.74 Å². The second-order valence-corrected chi connectivity index (χ2v) is 5.93. The molecule has 6 nitrogen and oxygen atoms in total. The van der Waals surface area contributed by atoms with Crippen LogP contribution in [0.3, 0.4) is 0 Å². The first kappa shape index (κ1) is 13.9. The number of carbonyl (C=O) groups is 1. The molecule has 0 saturated heterocycles. The monoisotopic (exact) mass is 260 g/mol. The molecule has 0 aromatic heterocycles. The van der Waals surface area contributed by atoms with E-state index in [1.54, 1.807) is 0 Å². The molecule has 0 heterocycles. The Morgan fingerprint density at radius 3 is 2.82 bits per heavy atom. The van der Waals surface area contributed by atoms with Gasteiger partial charge in [0.2, 0.25) is 10.0 Å². The first-order valence-electron chi connectivity index (χ1n) is 5.46. The molecule has 1 rings (SSSR count). The van der Waals surface area contributed by atoms with Crippen molar-refractivity contribution in [2.45, 2.75) is 30.9 Å². The van der Waals surface area contributed by atoms with Gasteiger partial charge in [0.25, 0.3) is 0 Å². The molecular weight excluding hydrogens is 244 g/mol. The van der Waals surface area contributed by atoms with Gasteiger partial charge in [0.1, 0.15) is 0 Å². The predicted octanol–water partition coefficient (Wildman–Crippen LogP) is 0.161. The first-order valence-corrected chi connectivity index (χ1v) is 7.01. The van der Waals surface area contributed by atoms with Crippen LogP contribution in [-0.4, -0.2) is 33.3 Å². The van der Waals surface area contributed by atoms with Crippen LogP contribution in [0.1, 0.15) is 25.7 Å². The van der Waals surface area contributed by atoms with Crippen LogP contribution < -0.4 is 4.72 Å². The highest BCUT2D eigenvalue weighted by molar-refractivity contribution is 7.90. The summed E-state index contributed by atoms with van der Waals surface area (Å²) in [6, 6.07) is 1.86. The molecule has 1 N–H and O–H groups in total. The number of nitrogens with one attached hydrogen (secondary N) is 1. The SMILES string of the molecule is COC(=O)C1CCCC1S(=O)(=O)NCCC#N. The van der Waals surface area contributed by atoms with E-state index in [-0.39, 0.29) is 13.0 Å². The normalized spacial score (nSPS) is 24.2. The van der Waals surface area contributed by atoms with Gasteiger partial charge >= 0.3 is 5.97 Å². The van der Waals surface area contributed by atoms with E-state index in [0.29, 0.717) is 19.3 Å². The number of hydrogen-bond donors (Lipinski definition) is 1. The highest BCUT2D eigenvalue weighted by Gasteiger charge is 2.41. The Hall–Kier alpha value is -1.13. The number of methoxy groups -OCH3 is 1. The fourth-order valence-corrected chi connectivity index (χ4v) is 3.83. The number of carbonyl (C=O) groups excluding carboxylic acids is 1. The van der Waals surface area contributed by atoms with Gasteiger partial charge in [-0.1, -0.05) is 6.42 Å². The van der Waals surface area contributed by atoms with Gasteiger partial charge in [-0.05, 0) is 12.8 Å². The summed E-state index contributed by atoms with van der Waals surface area (Å²) in [7, 11) is -2.28. The maximum Gasteiger partial charge on any atom is 0.310 e. The molecule has 2 atom stereocenters. The quantitative estimate of drug-likeness (QED) is 0.561. The number of ether oxygens (including phenoxy) is 1. The standard InChI is InChI=1S/C10H16N2O4S/c1-16-10(13)8-4-2-5-9(8)17(14,15)12-7-3-6-11/h8-9,12H,2-5,7H2,1H3. The summed E-state index contributed by atoms with van der Waals surface area (Å²) in [6.45, 7) is 0.0865. The summed E-state index contributed by atoms with van der Waals surface area (Å²) in [6.07, 6.45) is 1.82. The lowest BCUT2D eigenvalue weighted by Gasteiger charge is -2.18. The molecule has 7 heteroatoms. The molecule has 0 spiro atoms. The zero-order valence-electron chi connectivity index (χ0n) is 9.68. The molecule has 1 aliphatic carbocycles. The Kier molecular flexibility index (Phi) is 4.90. The van der Waals surface area contributed by atoms with Crippen molar-refractivity contribution in [3.05, 3.63) is 0 Å². The summed E-state index contributed by atoms with van der Waals surface area (Å²) >= 11 is 0. The van der Waals surface area contributed by atoms with E-state index in [2.05, 4.69) is 9.46 Å². The van der Waals surface area contributed by atoms with Crippen LogP contribution in [0.2, 0.25) is 0 Å². The third-order valence-corrected chi connectivity index (χ3v) is 4.86. The molecule has 0 radical (unpaired) electrons. The molecule has 1 fully saturated rings. The maximum atomic E-state index is 11.9. The topological polar surface area (TPSA) is 96.3 Å². The number of hydrogen-bond acceptors (Lipinski definition) is 5. The van der Waals surface area contributed by atoms with Gasteiger partial charge in [-0.25, -0.2) is 13.1 Å². The number of rotatable bonds is 5. The Morgan fingerprint density at radius 1 is 1.53 bits per heavy atom. The fraction of sp³-hybridized carbons (Fsp3) is 0.800. The summed E-state index contributed by atoms with van der Waals surface area (Å²) in [5.74, 6) is -1.06. The molecule has 1 aliphatic rings. The van der Waals surface area contributed by atoms with Crippen LogP contribution >= 0.6 is 0 Å². The fourth-order valence-electron chi connectivity index (χ4n) is 2.07. The van der Waals surface area contributed by atoms with Crippen LogP contribution in [0.15, 0.2) is 0 Å². The van der Waals surface area contributed by atoms with Crippen molar-refractivity contribution in [3.63, 3.8) is 0 Å². The first-order chi connectivity index (χ1) is 8.03. The van der Waals surface area contributed by atoms with Crippen LogP contribution in [-0.2, 0) is 19.6 Å². The van der Waals surface area contributed by atoms with Crippen LogP contribution in [0.25, 0.3) is 0 Å². The lowest BCUT2D eigenvalue weighted by atomic mass is 10.1. The van der Waals surface area contributed by atoms with Crippen LogP contribution in [0, 0.1) is 17.2 Å². The van der Waals surface area contributed by atoms with Crippen LogP contribution in [0.5, 0.6) is 0 Å². The molecule has 0 bridgehead atoms. The van der Waals surface area contributed by atoms with E-state index in [0.717, 1.165) is 0 Å². The molecule has 0 aliphatic heterocycles. The molecule has 2 unspecified atom stereocenters. The van der Waals surface area contributed by atoms with E-state index in [1.807, 2.05) is 6.07 Å². The Balaban J connectivity index is 2.70. The number of esters is 1. The lowest BCUT2D eigenvalue weighted by molar-refractivity contribution is -0.145. The summed E-state index contributed by atoms with van der Waals surface area (Å²) in [5, 5.41) is 7.62. The third-order valence-electron chi connectivity index (χ3n) is 2.90. The summed E-state index contributed by atoms with van der Waals surface area (Å²) < 4.78 is 30.8. The van der Waals surface area contributed by atoms with Crippen molar-refractivity contribution in [2.75, 3.05) is 13.7 Å². The number of sulfonamides is 1. The predicted molar refractivity (Wildman–Crippen MR) is 60.3 cm³/mol. The molecule has 0 amide bonds. The highest BCUT2D eigenvalue weighted by Crippen LogP contribution is 2.31. The highest BCUT2D eigenvalue weighted by atomic mass is 32.2. The minimum atomic E-state index is -3.54. The van der Waals surface area contributed by atoms with Crippen molar-refractivity contribution < 1.29 is 17.9 Å². The van der Waals surface area contributed by atoms with Crippen LogP contribution in [0.4, 0.5) is 0 Å². The summed E-state index contributed by atoms with van der Waals surface area (Å²) in [4.78, 5) is 11.4. The molecule has 1 saturated carbocycles. The van der Waals surface area contributed by atoms with E-state index < -0.39 is 27.2 Å². The minimum Gasteiger partial charge on any atom is -0.469 e. The lowest BCUT2D eigenvalue weighted by Crippen LogP contribution is -2.39.